The first-order chi connectivity index (χ1) is 19.7. The third-order valence-corrected chi connectivity index (χ3v) is 9.11. The topological polar surface area (TPSA) is 96.0 Å². The van der Waals surface area contributed by atoms with Gasteiger partial charge in [-0.2, -0.15) is 0 Å². The minimum absolute atomic E-state index is 0.0592. The molecule has 3 aromatic rings. The van der Waals surface area contributed by atoms with Crippen molar-refractivity contribution in [3.8, 4) is 5.75 Å². The van der Waals surface area contributed by atoms with Gasteiger partial charge in [-0.3, -0.25) is 13.9 Å². The lowest BCUT2D eigenvalue weighted by Gasteiger charge is -2.33. The van der Waals surface area contributed by atoms with Crippen LogP contribution in [0, 0.1) is 5.82 Å². The molecule has 2 amide bonds. The second kappa shape index (κ2) is 13.6. The quantitative estimate of drug-likeness (QED) is 0.329. The van der Waals surface area contributed by atoms with E-state index in [1.807, 2.05) is 37.3 Å². The maximum Gasteiger partial charge on any atom is 0.264 e. The fourth-order valence-electron chi connectivity index (χ4n) is 5.08. The highest BCUT2D eigenvalue weighted by molar-refractivity contribution is 7.92. The van der Waals surface area contributed by atoms with Crippen LogP contribution in [-0.4, -0.2) is 50.9 Å². The van der Waals surface area contributed by atoms with Crippen LogP contribution in [0.25, 0.3) is 0 Å². The van der Waals surface area contributed by atoms with Gasteiger partial charge in [0, 0.05) is 12.6 Å². The first-order valence-electron chi connectivity index (χ1n) is 13.8. The van der Waals surface area contributed by atoms with Gasteiger partial charge in [0.1, 0.15) is 24.2 Å². The van der Waals surface area contributed by atoms with Crippen LogP contribution < -0.4 is 14.4 Å². The van der Waals surface area contributed by atoms with Crippen LogP contribution in [0.15, 0.2) is 83.8 Å². The third kappa shape index (κ3) is 7.43. The molecule has 1 saturated carbocycles. The Hall–Kier alpha value is -3.92. The number of benzene rings is 3. The van der Waals surface area contributed by atoms with Gasteiger partial charge in [0.25, 0.3) is 10.0 Å². The third-order valence-electron chi connectivity index (χ3n) is 7.32. The molecule has 0 spiro atoms. The molecule has 3 aromatic carbocycles. The Morgan fingerprint density at radius 1 is 0.976 bits per heavy atom. The summed E-state index contributed by atoms with van der Waals surface area (Å²) < 4.78 is 47.7. The Morgan fingerprint density at radius 3 is 2.20 bits per heavy atom. The highest BCUT2D eigenvalue weighted by Gasteiger charge is 2.34. The lowest BCUT2D eigenvalue weighted by atomic mass is 10.1. The predicted molar refractivity (Wildman–Crippen MR) is 155 cm³/mol. The molecule has 1 atom stereocenters. The van der Waals surface area contributed by atoms with E-state index in [2.05, 4.69) is 5.32 Å². The molecule has 1 aliphatic carbocycles. The molecule has 0 aromatic heterocycles. The number of methoxy groups -OCH3 is 1. The van der Waals surface area contributed by atoms with E-state index < -0.39 is 34.3 Å². The first-order valence-corrected chi connectivity index (χ1v) is 15.2. The summed E-state index contributed by atoms with van der Waals surface area (Å²) in [5.41, 5.74) is 0.929. The first kappa shape index (κ1) is 30.0. The number of anilines is 1. The number of hydrogen-bond donors (Lipinski definition) is 1. The SMILES string of the molecule is CC[C@H](C(=O)NC1CCCC1)N(Cc1ccccc1)C(=O)CN(c1ccc(F)cc1)S(=O)(=O)c1ccc(OC)cc1. The Balaban J connectivity index is 1.69. The monoisotopic (exact) mass is 581 g/mol. The van der Waals surface area contributed by atoms with Gasteiger partial charge in [0.05, 0.1) is 17.7 Å². The summed E-state index contributed by atoms with van der Waals surface area (Å²) in [6.07, 6.45) is 4.23. The van der Waals surface area contributed by atoms with E-state index in [-0.39, 0.29) is 29.1 Å². The fraction of sp³-hybridized carbons (Fsp3) is 0.355. The van der Waals surface area contributed by atoms with Gasteiger partial charge in [0.15, 0.2) is 0 Å². The van der Waals surface area contributed by atoms with Crippen LogP contribution in [0.5, 0.6) is 5.75 Å². The molecule has 0 saturated heterocycles. The minimum Gasteiger partial charge on any atom is -0.497 e. The van der Waals surface area contributed by atoms with Gasteiger partial charge < -0.3 is 15.0 Å². The summed E-state index contributed by atoms with van der Waals surface area (Å²) in [5.74, 6) is -0.873. The smallest absolute Gasteiger partial charge is 0.264 e. The Kier molecular flexibility index (Phi) is 9.99. The normalized spacial score (nSPS) is 14.3. The van der Waals surface area contributed by atoms with Crippen molar-refractivity contribution in [2.45, 2.75) is 62.6 Å². The summed E-state index contributed by atoms with van der Waals surface area (Å²) in [6.45, 7) is 1.37. The van der Waals surface area contributed by atoms with Crippen molar-refractivity contribution in [3.05, 3.63) is 90.2 Å². The van der Waals surface area contributed by atoms with Crippen LogP contribution in [-0.2, 0) is 26.2 Å². The van der Waals surface area contributed by atoms with Crippen LogP contribution in [0.1, 0.15) is 44.6 Å². The molecule has 1 fully saturated rings. The molecular formula is C31H36FN3O5S. The van der Waals surface area contributed by atoms with Crippen molar-refractivity contribution in [2.24, 2.45) is 0 Å². The summed E-state index contributed by atoms with van der Waals surface area (Å²) in [6, 6.07) is 19.2. The molecule has 41 heavy (non-hydrogen) atoms. The number of carbonyl (C=O) groups is 2. The summed E-state index contributed by atoms with van der Waals surface area (Å²) >= 11 is 0. The van der Waals surface area contributed by atoms with E-state index in [0.29, 0.717) is 12.2 Å². The Labute approximate surface area is 241 Å². The number of ether oxygens (including phenoxy) is 1. The molecule has 0 heterocycles. The van der Waals surface area contributed by atoms with Crippen molar-refractivity contribution in [1.29, 1.82) is 0 Å². The maximum absolute atomic E-state index is 14.1. The van der Waals surface area contributed by atoms with Crippen LogP contribution in [0.3, 0.4) is 0 Å². The second-order valence-electron chi connectivity index (χ2n) is 10.1. The van der Waals surface area contributed by atoms with E-state index >= 15 is 0 Å². The maximum atomic E-state index is 14.1. The number of nitrogens with one attached hydrogen (secondary N) is 1. The van der Waals surface area contributed by atoms with Gasteiger partial charge in [-0.05, 0) is 73.4 Å². The minimum atomic E-state index is -4.26. The average Bonchev–Trinajstić information content (AvgIpc) is 3.49. The van der Waals surface area contributed by atoms with Gasteiger partial charge >= 0.3 is 0 Å². The molecule has 0 aliphatic heterocycles. The van der Waals surface area contributed by atoms with E-state index in [1.165, 1.54) is 48.4 Å². The molecule has 0 radical (unpaired) electrons. The van der Waals surface area contributed by atoms with Gasteiger partial charge in [0.2, 0.25) is 11.8 Å². The molecule has 4 rings (SSSR count). The number of sulfonamides is 1. The van der Waals surface area contributed by atoms with Crippen LogP contribution in [0.4, 0.5) is 10.1 Å². The van der Waals surface area contributed by atoms with Crippen molar-refractivity contribution in [3.63, 3.8) is 0 Å². The number of halogens is 1. The molecular weight excluding hydrogens is 545 g/mol. The van der Waals surface area contributed by atoms with Gasteiger partial charge in [-0.1, -0.05) is 50.1 Å². The summed E-state index contributed by atoms with van der Waals surface area (Å²) in [4.78, 5) is 28.9. The number of nitrogens with zero attached hydrogens (tertiary/aromatic N) is 2. The molecule has 1 N–H and O–H groups in total. The average molecular weight is 582 g/mol. The zero-order chi connectivity index (χ0) is 29.4. The Morgan fingerprint density at radius 2 is 1.61 bits per heavy atom. The standard InChI is InChI=1S/C31H36FN3O5S/c1-3-29(31(37)33-25-11-7-8-12-25)34(21-23-9-5-4-6-10-23)30(36)22-35(26-15-13-24(32)14-16-26)41(38,39)28-19-17-27(40-2)18-20-28/h4-6,9-10,13-20,25,29H,3,7-8,11-12,21-22H2,1-2H3,(H,33,37)/t29-/m1/s1. The number of amides is 2. The molecule has 0 unspecified atom stereocenters. The predicted octanol–water partition coefficient (Wildman–Crippen LogP) is 4.90. The van der Waals surface area contributed by atoms with Crippen molar-refractivity contribution in [1.82, 2.24) is 10.2 Å². The Bertz CT molecular complexity index is 1410. The van der Waals surface area contributed by atoms with Crippen molar-refractivity contribution >= 4 is 27.5 Å². The lowest BCUT2D eigenvalue weighted by Crippen LogP contribution is -2.53. The van der Waals surface area contributed by atoms with E-state index in [9.17, 15) is 22.4 Å². The van der Waals surface area contributed by atoms with Crippen LogP contribution in [0.2, 0.25) is 0 Å². The number of carbonyl (C=O) groups excluding carboxylic acids is 2. The second-order valence-corrected chi connectivity index (χ2v) is 11.9. The largest absolute Gasteiger partial charge is 0.497 e. The number of rotatable bonds is 12. The highest BCUT2D eigenvalue weighted by atomic mass is 32.2. The molecule has 0 bridgehead atoms. The highest BCUT2D eigenvalue weighted by Crippen LogP contribution is 2.27. The van der Waals surface area contributed by atoms with Crippen molar-refractivity contribution < 1.29 is 27.1 Å². The van der Waals surface area contributed by atoms with Gasteiger partial charge in [-0.15, -0.1) is 0 Å². The molecule has 1 aliphatic rings. The van der Waals surface area contributed by atoms with E-state index in [4.69, 9.17) is 4.74 Å². The fourth-order valence-corrected chi connectivity index (χ4v) is 6.49. The number of hydrogen-bond acceptors (Lipinski definition) is 5. The van der Waals surface area contributed by atoms with Crippen molar-refractivity contribution in [2.75, 3.05) is 18.0 Å². The summed E-state index contributed by atoms with van der Waals surface area (Å²) in [5, 5.41) is 3.09. The summed E-state index contributed by atoms with van der Waals surface area (Å²) in [7, 11) is -2.78. The van der Waals surface area contributed by atoms with E-state index in [1.54, 1.807) is 0 Å². The lowest BCUT2D eigenvalue weighted by molar-refractivity contribution is -0.140. The van der Waals surface area contributed by atoms with Crippen LogP contribution >= 0.6 is 0 Å². The molecule has 218 valence electrons. The molecule has 10 heteroatoms. The zero-order valence-electron chi connectivity index (χ0n) is 23.3. The zero-order valence-corrected chi connectivity index (χ0v) is 24.1. The van der Waals surface area contributed by atoms with E-state index in [0.717, 1.165) is 47.7 Å². The molecule has 8 nitrogen and oxygen atoms in total. The van der Waals surface area contributed by atoms with Gasteiger partial charge in [-0.25, -0.2) is 12.8 Å².